The molecule has 19 heavy (non-hydrogen) atoms. The Morgan fingerprint density at radius 2 is 1.95 bits per heavy atom. The fourth-order valence-electron chi connectivity index (χ4n) is 2.17. The van der Waals surface area contributed by atoms with Gasteiger partial charge in [-0.1, -0.05) is 25.0 Å². The number of rotatable bonds is 6. The molecule has 0 spiro atoms. The Morgan fingerprint density at radius 3 is 2.42 bits per heavy atom. The topological polar surface area (TPSA) is 69.4 Å². The molecule has 1 unspecified atom stereocenters. The first-order chi connectivity index (χ1) is 9.11. The fraction of sp³-hybridized carbons (Fsp3) is 0.467. The molecule has 2 N–H and O–H groups in total. The Hall–Kier alpha value is -1.84. The van der Waals surface area contributed by atoms with Gasteiger partial charge in [-0.25, -0.2) is 4.79 Å². The Balaban J connectivity index is 2.10. The summed E-state index contributed by atoms with van der Waals surface area (Å²) in [7, 11) is 0. The van der Waals surface area contributed by atoms with Crippen molar-refractivity contribution < 1.29 is 14.3 Å². The van der Waals surface area contributed by atoms with Gasteiger partial charge in [-0.3, -0.25) is 4.79 Å². The second-order valence-corrected chi connectivity index (χ2v) is 4.98. The van der Waals surface area contributed by atoms with Crippen LogP contribution in [0.5, 0.6) is 0 Å². The van der Waals surface area contributed by atoms with Crippen molar-refractivity contribution in [2.24, 2.45) is 11.7 Å². The quantitative estimate of drug-likeness (QED) is 0.798. The summed E-state index contributed by atoms with van der Waals surface area (Å²) in [6, 6.07) is 6.97. The molecule has 1 aliphatic rings. The smallest absolute Gasteiger partial charge is 0.338 e. The maximum Gasteiger partial charge on any atom is 0.338 e. The van der Waals surface area contributed by atoms with E-state index < -0.39 is 0 Å². The van der Waals surface area contributed by atoms with Gasteiger partial charge in [0.25, 0.3) is 0 Å². The minimum atomic E-state index is -0.341. The molecule has 1 fully saturated rings. The lowest BCUT2D eigenvalue weighted by atomic mass is 9.92. The van der Waals surface area contributed by atoms with Crippen molar-refractivity contribution in [3.8, 4) is 0 Å². The van der Waals surface area contributed by atoms with Gasteiger partial charge in [0.2, 0.25) is 5.91 Å². The largest absolute Gasteiger partial charge is 0.462 e. The molecule has 1 aliphatic carbocycles. The number of ether oxygens (including phenoxy) is 1. The summed E-state index contributed by atoms with van der Waals surface area (Å²) in [4.78, 5) is 23.0. The number of nitrogens with two attached hydrogens (primary N) is 1. The first-order valence-electron chi connectivity index (χ1n) is 6.68. The highest BCUT2D eigenvalue weighted by molar-refractivity contribution is 5.89. The summed E-state index contributed by atoms with van der Waals surface area (Å²) >= 11 is 0. The Kier molecular flexibility index (Phi) is 4.20. The van der Waals surface area contributed by atoms with E-state index >= 15 is 0 Å². The molecular weight excluding hydrogens is 242 g/mol. The van der Waals surface area contributed by atoms with Crippen LogP contribution in [-0.4, -0.2) is 18.5 Å². The van der Waals surface area contributed by atoms with Gasteiger partial charge in [-0.05, 0) is 37.0 Å². The Morgan fingerprint density at radius 1 is 1.32 bits per heavy atom. The van der Waals surface area contributed by atoms with Gasteiger partial charge < -0.3 is 10.5 Å². The van der Waals surface area contributed by atoms with E-state index in [9.17, 15) is 9.59 Å². The average molecular weight is 261 g/mol. The number of hydrogen-bond donors (Lipinski definition) is 1. The highest BCUT2D eigenvalue weighted by Gasteiger charge is 2.29. The molecule has 4 nitrogen and oxygen atoms in total. The molecule has 102 valence electrons. The number of carbonyl (C=O) groups is 2. The van der Waals surface area contributed by atoms with Crippen molar-refractivity contribution in [3.05, 3.63) is 35.4 Å². The van der Waals surface area contributed by atoms with Gasteiger partial charge in [0.15, 0.2) is 0 Å². The van der Waals surface area contributed by atoms with E-state index in [4.69, 9.17) is 10.5 Å². The summed E-state index contributed by atoms with van der Waals surface area (Å²) < 4.78 is 4.92. The summed E-state index contributed by atoms with van der Waals surface area (Å²) in [6.45, 7) is 2.12. The SMILES string of the molecule is CCOC(=O)c1ccc(C(CC2CC2)C(N)=O)cc1. The molecular formula is C15H19NO3. The lowest BCUT2D eigenvalue weighted by Gasteiger charge is -2.13. The van der Waals surface area contributed by atoms with E-state index in [2.05, 4.69) is 0 Å². The lowest BCUT2D eigenvalue weighted by molar-refractivity contribution is -0.119. The van der Waals surface area contributed by atoms with Crippen LogP contribution in [0.4, 0.5) is 0 Å². The number of carbonyl (C=O) groups excluding carboxylic acids is 2. The Bertz CT molecular complexity index is 463. The van der Waals surface area contributed by atoms with Crippen molar-refractivity contribution in [2.45, 2.75) is 32.1 Å². The molecule has 1 aromatic carbocycles. The van der Waals surface area contributed by atoms with Crippen LogP contribution < -0.4 is 5.73 Å². The maximum atomic E-state index is 11.5. The van der Waals surface area contributed by atoms with Crippen molar-refractivity contribution >= 4 is 11.9 Å². The van der Waals surface area contributed by atoms with Gasteiger partial charge >= 0.3 is 5.97 Å². The summed E-state index contributed by atoms with van der Waals surface area (Å²) in [6.07, 6.45) is 3.18. The van der Waals surface area contributed by atoms with E-state index in [1.165, 1.54) is 12.8 Å². The molecule has 1 saturated carbocycles. The summed E-state index contributed by atoms with van der Waals surface area (Å²) in [5.74, 6) is -0.256. The van der Waals surface area contributed by atoms with Crippen LogP contribution in [0.25, 0.3) is 0 Å². The number of primary amides is 1. The number of hydrogen-bond acceptors (Lipinski definition) is 3. The number of benzene rings is 1. The zero-order chi connectivity index (χ0) is 13.8. The van der Waals surface area contributed by atoms with Gasteiger partial charge in [-0.15, -0.1) is 0 Å². The van der Waals surface area contributed by atoms with E-state index in [0.717, 1.165) is 12.0 Å². The third kappa shape index (κ3) is 3.56. The molecule has 1 aromatic rings. The summed E-state index contributed by atoms with van der Waals surface area (Å²) in [5.41, 5.74) is 6.84. The standard InChI is InChI=1S/C15H19NO3/c1-2-19-15(18)12-7-5-11(6-8-12)13(14(16)17)9-10-3-4-10/h5-8,10,13H,2-4,9H2,1H3,(H2,16,17). The minimum absolute atomic E-state index is 0.247. The van der Waals surface area contributed by atoms with Gasteiger partial charge in [-0.2, -0.15) is 0 Å². The molecule has 2 rings (SSSR count). The average Bonchev–Trinajstić information content (AvgIpc) is 3.20. The molecule has 0 saturated heterocycles. The Labute approximate surface area is 112 Å². The van der Waals surface area contributed by atoms with Crippen LogP contribution in [0.1, 0.15) is 48.0 Å². The molecule has 1 amide bonds. The van der Waals surface area contributed by atoms with Crippen LogP contribution in [0, 0.1) is 5.92 Å². The number of amides is 1. The third-order valence-corrected chi connectivity index (χ3v) is 3.43. The molecule has 0 aromatic heterocycles. The van der Waals surface area contributed by atoms with Crippen molar-refractivity contribution in [1.29, 1.82) is 0 Å². The summed E-state index contributed by atoms with van der Waals surface area (Å²) in [5, 5.41) is 0. The van der Waals surface area contributed by atoms with Crippen LogP contribution in [-0.2, 0) is 9.53 Å². The fourth-order valence-corrected chi connectivity index (χ4v) is 2.17. The highest BCUT2D eigenvalue weighted by atomic mass is 16.5. The minimum Gasteiger partial charge on any atom is -0.462 e. The van der Waals surface area contributed by atoms with Crippen molar-refractivity contribution in [3.63, 3.8) is 0 Å². The van der Waals surface area contributed by atoms with Crippen LogP contribution >= 0.6 is 0 Å². The lowest BCUT2D eigenvalue weighted by Crippen LogP contribution is -2.22. The van der Waals surface area contributed by atoms with Crippen molar-refractivity contribution in [2.75, 3.05) is 6.61 Å². The predicted molar refractivity (Wildman–Crippen MR) is 71.7 cm³/mol. The zero-order valence-corrected chi connectivity index (χ0v) is 11.1. The first kappa shape index (κ1) is 13.6. The van der Waals surface area contributed by atoms with Crippen LogP contribution in [0.15, 0.2) is 24.3 Å². The third-order valence-electron chi connectivity index (χ3n) is 3.43. The van der Waals surface area contributed by atoms with E-state index in [-0.39, 0.29) is 17.8 Å². The van der Waals surface area contributed by atoms with Crippen LogP contribution in [0.2, 0.25) is 0 Å². The molecule has 4 heteroatoms. The highest BCUT2D eigenvalue weighted by Crippen LogP contribution is 2.38. The second kappa shape index (κ2) is 5.87. The van der Waals surface area contributed by atoms with Gasteiger partial charge in [0.05, 0.1) is 18.1 Å². The number of esters is 1. The van der Waals surface area contributed by atoms with Crippen molar-refractivity contribution in [1.82, 2.24) is 0 Å². The zero-order valence-electron chi connectivity index (χ0n) is 11.1. The normalized spacial score (nSPS) is 15.8. The van der Waals surface area contributed by atoms with E-state index in [1.807, 2.05) is 0 Å². The van der Waals surface area contributed by atoms with Gasteiger partial charge in [0.1, 0.15) is 0 Å². The molecule has 0 radical (unpaired) electrons. The molecule has 0 bridgehead atoms. The monoisotopic (exact) mass is 261 g/mol. The second-order valence-electron chi connectivity index (χ2n) is 4.98. The maximum absolute atomic E-state index is 11.5. The van der Waals surface area contributed by atoms with Gasteiger partial charge in [0, 0.05) is 0 Å². The van der Waals surface area contributed by atoms with E-state index in [0.29, 0.717) is 18.1 Å². The first-order valence-corrected chi connectivity index (χ1v) is 6.68. The molecule has 0 aliphatic heterocycles. The predicted octanol–water partition coefficient (Wildman–Crippen LogP) is 2.23. The van der Waals surface area contributed by atoms with E-state index in [1.54, 1.807) is 31.2 Å². The molecule has 1 atom stereocenters. The molecule has 0 heterocycles. The van der Waals surface area contributed by atoms with Crippen LogP contribution in [0.3, 0.4) is 0 Å².